The van der Waals surface area contributed by atoms with Crippen molar-refractivity contribution in [3.05, 3.63) is 0 Å². The molecule has 1 heterocycles. The minimum Gasteiger partial charge on any atom is -0.377 e. The van der Waals surface area contributed by atoms with E-state index in [1.165, 1.54) is 0 Å². The SMILES string of the molecule is CNC(=O)C(C)CN(C)C(=O)C1(N)C2CCOC2C1(C)C. The van der Waals surface area contributed by atoms with E-state index in [1.54, 1.807) is 25.9 Å². The van der Waals surface area contributed by atoms with Crippen LogP contribution in [0.4, 0.5) is 0 Å². The molecule has 21 heavy (non-hydrogen) atoms. The summed E-state index contributed by atoms with van der Waals surface area (Å²) in [6.45, 7) is 6.83. The normalized spacial score (nSPS) is 34.6. The van der Waals surface area contributed by atoms with Crippen molar-refractivity contribution in [3.8, 4) is 0 Å². The van der Waals surface area contributed by atoms with E-state index in [0.717, 1.165) is 6.42 Å². The van der Waals surface area contributed by atoms with Crippen molar-refractivity contribution in [3.63, 3.8) is 0 Å². The number of carbonyl (C=O) groups is 2. The van der Waals surface area contributed by atoms with Crippen molar-refractivity contribution in [2.45, 2.75) is 38.8 Å². The molecule has 2 amide bonds. The quantitative estimate of drug-likeness (QED) is 0.763. The maximum absolute atomic E-state index is 12.9. The summed E-state index contributed by atoms with van der Waals surface area (Å²) in [4.78, 5) is 26.1. The molecule has 0 spiro atoms. The largest absolute Gasteiger partial charge is 0.377 e. The second-order valence-electron chi connectivity index (χ2n) is 6.98. The van der Waals surface area contributed by atoms with Crippen LogP contribution in [0.5, 0.6) is 0 Å². The molecule has 1 aliphatic heterocycles. The van der Waals surface area contributed by atoms with E-state index < -0.39 is 5.54 Å². The van der Waals surface area contributed by atoms with Gasteiger partial charge in [-0.15, -0.1) is 0 Å². The molecule has 2 fully saturated rings. The number of nitrogens with zero attached hydrogens (tertiary/aromatic N) is 1. The molecule has 1 saturated carbocycles. The summed E-state index contributed by atoms with van der Waals surface area (Å²) in [6.07, 6.45) is 0.894. The summed E-state index contributed by atoms with van der Waals surface area (Å²) in [7, 11) is 3.32. The minimum atomic E-state index is -0.897. The molecule has 4 unspecified atom stereocenters. The van der Waals surface area contributed by atoms with Crippen LogP contribution in [-0.4, -0.2) is 55.6 Å². The minimum absolute atomic E-state index is 0.0659. The zero-order valence-electron chi connectivity index (χ0n) is 13.6. The third-order valence-electron chi connectivity index (χ3n) is 5.40. The van der Waals surface area contributed by atoms with Crippen LogP contribution < -0.4 is 11.1 Å². The monoisotopic (exact) mass is 297 g/mol. The van der Waals surface area contributed by atoms with E-state index in [4.69, 9.17) is 10.5 Å². The van der Waals surface area contributed by atoms with Gasteiger partial charge in [-0.2, -0.15) is 0 Å². The lowest BCUT2D eigenvalue weighted by atomic mass is 9.47. The third-order valence-corrected chi connectivity index (χ3v) is 5.40. The molecule has 0 aromatic heterocycles. The van der Waals surface area contributed by atoms with Gasteiger partial charge in [-0.25, -0.2) is 0 Å². The van der Waals surface area contributed by atoms with Crippen LogP contribution in [0.3, 0.4) is 0 Å². The molecular formula is C15H27N3O3. The van der Waals surface area contributed by atoms with Crippen molar-refractivity contribution in [1.82, 2.24) is 10.2 Å². The highest BCUT2D eigenvalue weighted by Crippen LogP contribution is 2.58. The number of ether oxygens (including phenoxy) is 1. The molecule has 0 radical (unpaired) electrons. The Labute approximate surface area is 126 Å². The Hall–Kier alpha value is -1.14. The van der Waals surface area contributed by atoms with Crippen LogP contribution in [0, 0.1) is 17.3 Å². The van der Waals surface area contributed by atoms with Gasteiger partial charge in [0.25, 0.3) is 0 Å². The second-order valence-corrected chi connectivity index (χ2v) is 6.98. The van der Waals surface area contributed by atoms with Crippen LogP contribution >= 0.6 is 0 Å². The summed E-state index contributed by atoms with van der Waals surface area (Å²) in [5, 5.41) is 2.60. The van der Waals surface area contributed by atoms with Gasteiger partial charge in [0.1, 0.15) is 5.54 Å². The molecule has 0 aromatic rings. The van der Waals surface area contributed by atoms with E-state index in [1.807, 2.05) is 13.8 Å². The Morgan fingerprint density at radius 2 is 2.10 bits per heavy atom. The number of hydrogen-bond acceptors (Lipinski definition) is 4. The number of rotatable bonds is 4. The average Bonchev–Trinajstić information content (AvgIpc) is 2.92. The van der Waals surface area contributed by atoms with Crippen LogP contribution in [-0.2, 0) is 14.3 Å². The van der Waals surface area contributed by atoms with Crippen LogP contribution in [0.25, 0.3) is 0 Å². The highest BCUT2D eigenvalue weighted by atomic mass is 16.5. The van der Waals surface area contributed by atoms with Gasteiger partial charge in [-0.1, -0.05) is 20.8 Å². The first-order valence-electron chi connectivity index (χ1n) is 7.55. The first kappa shape index (κ1) is 16.2. The van der Waals surface area contributed by atoms with E-state index in [9.17, 15) is 9.59 Å². The molecule has 4 atom stereocenters. The molecule has 6 heteroatoms. The van der Waals surface area contributed by atoms with E-state index >= 15 is 0 Å². The van der Waals surface area contributed by atoms with Gasteiger partial charge in [-0.3, -0.25) is 9.59 Å². The van der Waals surface area contributed by atoms with Crippen LogP contribution in [0.1, 0.15) is 27.2 Å². The summed E-state index contributed by atoms with van der Waals surface area (Å²) in [5.41, 5.74) is 5.25. The van der Waals surface area contributed by atoms with E-state index in [-0.39, 0.29) is 35.2 Å². The third kappa shape index (κ3) is 2.16. The summed E-state index contributed by atoms with van der Waals surface area (Å²) in [6, 6.07) is 0. The molecule has 0 bridgehead atoms. The fraction of sp³-hybridized carbons (Fsp3) is 0.867. The number of nitrogens with one attached hydrogen (secondary N) is 1. The number of likely N-dealkylation sites (N-methyl/N-ethyl adjacent to an activating group) is 1. The number of amides is 2. The number of carbonyl (C=O) groups excluding carboxylic acids is 2. The molecule has 2 aliphatic rings. The highest BCUT2D eigenvalue weighted by Gasteiger charge is 2.71. The van der Waals surface area contributed by atoms with Crippen molar-refractivity contribution >= 4 is 11.8 Å². The lowest BCUT2D eigenvalue weighted by Crippen LogP contribution is -2.80. The lowest BCUT2D eigenvalue weighted by molar-refractivity contribution is -0.183. The molecule has 1 aliphatic carbocycles. The predicted octanol–water partition coefficient (Wildman–Crippen LogP) is -0.0307. The summed E-state index contributed by atoms with van der Waals surface area (Å²) >= 11 is 0. The molecule has 2 rings (SSSR count). The highest BCUT2D eigenvalue weighted by molar-refractivity contribution is 5.90. The van der Waals surface area contributed by atoms with E-state index in [0.29, 0.717) is 13.2 Å². The number of fused-ring (bicyclic) bond motifs is 1. The molecular weight excluding hydrogens is 270 g/mol. The molecule has 6 nitrogen and oxygen atoms in total. The molecule has 1 saturated heterocycles. The summed E-state index contributed by atoms with van der Waals surface area (Å²) < 4.78 is 5.71. The first-order chi connectivity index (χ1) is 9.67. The predicted molar refractivity (Wildman–Crippen MR) is 79.4 cm³/mol. The van der Waals surface area contributed by atoms with Gasteiger partial charge in [0.15, 0.2) is 0 Å². The zero-order chi connectivity index (χ0) is 16.0. The summed E-state index contributed by atoms with van der Waals surface area (Å²) in [5.74, 6) is -0.338. The van der Waals surface area contributed by atoms with Gasteiger partial charge >= 0.3 is 0 Å². The van der Waals surface area contributed by atoms with Gasteiger partial charge in [0.2, 0.25) is 11.8 Å². The van der Waals surface area contributed by atoms with Crippen molar-refractivity contribution < 1.29 is 14.3 Å². The van der Waals surface area contributed by atoms with Gasteiger partial charge in [0, 0.05) is 38.6 Å². The first-order valence-corrected chi connectivity index (χ1v) is 7.55. The Bertz CT molecular complexity index is 451. The lowest BCUT2D eigenvalue weighted by Gasteiger charge is -2.61. The molecule has 0 aromatic carbocycles. The standard InChI is InChI=1S/C15H27N3O3/c1-9(12(19)17-4)8-18(5)13(20)15(16)10-6-7-21-11(10)14(15,2)3/h9-11H,6-8,16H2,1-5H3,(H,17,19). The van der Waals surface area contributed by atoms with Gasteiger partial charge < -0.3 is 20.7 Å². The van der Waals surface area contributed by atoms with Crippen LogP contribution in [0.15, 0.2) is 0 Å². The maximum atomic E-state index is 12.9. The smallest absolute Gasteiger partial charge is 0.243 e. The van der Waals surface area contributed by atoms with Crippen LogP contribution in [0.2, 0.25) is 0 Å². The Balaban J connectivity index is 2.10. The fourth-order valence-electron chi connectivity index (χ4n) is 3.96. The van der Waals surface area contributed by atoms with E-state index in [2.05, 4.69) is 5.32 Å². The van der Waals surface area contributed by atoms with Gasteiger partial charge in [-0.05, 0) is 6.42 Å². The number of hydrogen-bond donors (Lipinski definition) is 2. The fourth-order valence-corrected chi connectivity index (χ4v) is 3.96. The molecule has 120 valence electrons. The Kier molecular flexibility index (Phi) is 4.06. The molecule has 3 N–H and O–H groups in total. The Morgan fingerprint density at radius 3 is 2.67 bits per heavy atom. The van der Waals surface area contributed by atoms with Gasteiger partial charge in [0.05, 0.1) is 12.0 Å². The maximum Gasteiger partial charge on any atom is 0.243 e. The van der Waals surface area contributed by atoms with Crippen molar-refractivity contribution in [2.24, 2.45) is 23.0 Å². The Morgan fingerprint density at radius 1 is 1.48 bits per heavy atom. The number of nitrogens with two attached hydrogens (primary N) is 1. The zero-order valence-corrected chi connectivity index (χ0v) is 13.6. The second kappa shape index (κ2) is 5.25. The topological polar surface area (TPSA) is 84.7 Å². The van der Waals surface area contributed by atoms with Crippen molar-refractivity contribution in [2.75, 3.05) is 27.2 Å². The van der Waals surface area contributed by atoms with Crippen molar-refractivity contribution in [1.29, 1.82) is 0 Å². The average molecular weight is 297 g/mol.